The number of benzene rings is 2. The van der Waals surface area contributed by atoms with Gasteiger partial charge in [-0.15, -0.1) is 0 Å². The maximum absolute atomic E-state index is 13.2. The molecular weight excluding hydrogens is 332 g/mol. The Bertz CT molecular complexity index is 662. The minimum atomic E-state index is -0.518. The summed E-state index contributed by atoms with van der Waals surface area (Å²) in [7, 11) is 1.33. The van der Waals surface area contributed by atoms with Crippen LogP contribution in [0.4, 0.5) is 14.5 Å². The third-order valence-corrected chi connectivity index (χ3v) is 3.20. The SMILES string of the molecule is COc1cc(NC(=O)c2ccc(F)c(Br)c2)ccc1F. The van der Waals surface area contributed by atoms with E-state index in [0.717, 1.165) is 0 Å². The number of amides is 1. The lowest BCUT2D eigenvalue weighted by Gasteiger charge is -2.08. The van der Waals surface area contributed by atoms with Crippen LogP contribution in [0.1, 0.15) is 10.4 Å². The number of ether oxygens (including phenoxy) is 1. The number of rotatable bonds is 3. The molecule has 0 fully saturated rings. The van der Waals surface area contributed by atoms with Crippen LogP contribution >= 0.6 is 15.9 Å². The Labute approximate surface area is 122 Å². The van der Waals surface area contributed by atoms with Crippen molar-refractivity contribution in [2.75, 3.05) is 12.4 Å². The molecule has 0 atom stereocenters. The van der Waals surface area contributed by atoms with Gasteiger partial charge in [-0.2, -0.15) is 0 Å². The number of nitrogens with one attached hydrogen (secondary N) is 1. The summed E-state index contributed by atoms with van der Waals surface area (Å²) in [5.74, 6) is -1.37. The van der Waals surface area contributed by atoms with E-state index in [-0.39, 0.29) is 15.8 Å². The van der Waals surface area contributed by atoms with Crippen LogP contribution in [0.2, 0.25) is 0 Å². The van der Waals surface area contributed by atoms with Crippen LogP contribution in [0.15, 0.2) is 40.9 Å². The smallest absolute Gasteiger partial charge is 0.255 e. The number of anilines is 1. The molecule has 0 saturated carbocycles. The number of carbonyl (C=O) groups is 1. The molecule has 2 aromatic rings. The van der Waals surface area contributed by atoms with Gasteiger partial charge < -0.3 is 10.1 Å². The minimum Gasteiger partial charge on any atom is -0.494 e. The highest BCUT2D eigenvalue weighted by molar-refractivity contribution is 9.10. The molecule has 2 rings (SSSR count). The van der Waals surface area contributed by atoms with Crippen LogP contribution in [-0.4, -0.2) is 13.0 Å². The molecule has 0 bridgehead atoms. The topological polar surface area (TPSA) is 38.3 Å². The van der Waals surface area contributed by atoms with Gasteiger partial charge in [0.05, 0.1) is 11.6 Å². The molecule has 0 aliphatic heterocycles. The van der Waals surface area contributed by atoms with Crippen molar-refractivity contribution in [2.24, 2.45) is 0 Å². The molecule has 20 heavy (non-hydrogen) atoms. The van der Waals surface area contributed by atoms with E-state index in [1.807, 2.05) is 0 Å². The molecular formula is C14H10BrF2NO2. The molecule has 1 N–H and O–H groups in total. The first-order valence-electron chi connectivity index (χ1n) is 5.61. The van der Waals surface area contributed by atoms with E-state index in [9.17, 15) is 13.6 Å². The second-order valence-corrected chi connectivity index (χ2v) is 4.79. The summed E-state index contributed by atoms with van der Waals surface area (Å²) >= 11 is 3.01. The zero-order valence-electron chi connectivity index (χ0n) is 10.4. The average molecular weight is 342 g/mol. The predicted octanol–water partition coefficient (Wildman–Crippen LogP) is 3.99. The Hall–Kier alpha value is -1.95. The van der Waals surface area contributed by atoms with Crippen molar-refractivity contribution in [3.05, 3.63) is 58.1 Å². The third kappa shape index (κ3) is 3.14. The first-order chi connectivity index (χ1) is 9.51. The van der Waals surface area contributed by atoms with Gasteiger partial charge in [-0.1, -0.05) is 0 Å². The second-order valence-electron chi connectivity index (χ2n) is 3.93. The first kappa shape index (κ1) is 14.5. The first-order valence-corrected chi connectivity index (χ1v) is 6.40. The molecule has 0 spiro atoms. The lowest BCUT2D eigenvalue weighted by Crippen LogP contribution is -2.12. The maximum atomic E-state index is 13.2. The number of hydrogen-bond acceptors (Lipinski definition) is 2. The second kappa shape index (κ2) is 6.00. The van der Waals surface area contributed by atoms with Crippen LogP contribution < -0.4 is 10.1 Å². The van der Waals surface area contributed by atoms with E-state index in [2.05, 4.69) is 21.2 Å². The van der Waals surface area contributed by atoms with E-state index >= 15 is 0 Å². The standard InChI is InChI=1S/C14H10BrF2NO2/c1-20-13-7-9(3-5-12(13)17)18-14(19)8-2-4-11(16)10(15)6-8/h2-7H,1H3,(H,18,19). The van der Waals surface area contributed by atoms with Crippen LogP contribution in [0.3, 0.4) is 0 Å². The van der Waals surface area contributed by atoms with Gasteiger partial charge in [-0.25, -0.2) is 8.78 Å². The Morgan fingerprint density at radius 1 is 1.15 bits per heavy atom. The fourth-order valence-electron chi connectivity index (χ4n) is 1.58. The Kier molecular flexibility index (Phi) is 4.34. The fourth-order valence-corrected chi connectivity index (χ4v) is 1.96. The molecule has 0 aliphatic carbocycles. The fraction of sp³-hybridized carbons (Fsp3) is 0.0714. The van der Waals surface area contributed by atoms with Gasteiger partial charge in [0, 0.05) is 17.3 Å². The Morgan fingerprint density at radius 3 is 2.50 bits per heavy atom. The lowest BCUT2D eigenvalue weighted by molar-refractivity contribution is 0.102. The lowest BCUT2D eigenvalue weighted by atomic mass is 10.2. The number of carbonyl (C=O) groups excluding carboxylic acids is 1. The molecule has 0 heterocycles. The third-order valence-electron chi connectivity index (χ3n) is 2.59. The van der Waals surface area contributed by atoms with Crippen molar-refractivity contribution in [2.45, 2.75) is 0 Å². The average Bonchev–Trinajstić information content (AvgIpc) is 2.43. The zero-order chi connectivity index (χ0) is 14.7. The van der Waals surface area contributed by atoms with Crippen LogP contribution in [0.25, 0.3) is 0 Å². The summed E-state index contributed by atoms with van der Waals surface area (Å²) in [5, 5.41) is 2.58. The number of halogens is 3. The molecule has 104 valence electrons. The normalized spacial score (nSPS) is 10.2. The van der Waals surface area contributed by atoms with Crippen LogP contribution in [0, 0.1) is 11.6 Å². The summed E-state index contributed by atoms with van der Waals surface area (Å²) in [6.45, 7) is 0. The molecule has 2 aromatic carbocycles. The van der Waals surface area contributed by atoms with E-state index in [1.165, 1.54) is 43.5 Å². The van der Waals surface area contributed by atoms with Gasteiger partial charge in [0.15, 0.2) is 11.6 Å². The van der Waals surface area contributed by atoms with Crippen molar-refractivity contribution in [1.29, 1.82) is 0 Å². The van der Waals surface area contributed by atoms with Crippen LogP contribution in [0.5, 0.6) is 5.75 Å². The monoisotopic (exact) mass is 341 g/mol. The van der Waals surface area contributed by atoms with E-state index in [4.69, 9.17) is 4.74 Å². The van der Waals surface area contributed by atoms with Gasteiger partial charge in [0.25, 0.3) is 5.91 Å². The Balaban J connectivity index is 2.21. The molecule has 3 nitrogen and oxygen atoms in total. The van der Waals surface area contributed by atoms with Gasteiger partial charge in [0.1, 0.15) is 5.82 Å². The zero-order valence-corrected chi connectivity index (χ0v) is 12.0. The highest BCUT2D eigenvalue weighted by Crippen LogP contribution is 2.22. The number of methoxy groups -OCH3 is 1. The molecule has 0 radical (unpaired) electrons. The largest absolute Gasteiger partial charge is 0.494 e. The molecule has 6 heteroatoms. The molecule has 0 unspecified atom stereocenters. The molecule has 0 aliphatic rings. The summed E-state index contributed by atoms with van der Waals surface area (Å²) in [6, 6.07) is 7.88. The predicted molar refractivity (Wildman–Crippen MR) is 75.0 cm³/mol. The van der Waals surface area contributed by atoms with Crippen molar-refractivity contribution in [3.8, 4) is 5.75 Å². The van der Waals surface area contributed by atoms with E-state index in [0.29, 0.717) is 5.69 Å². The van der Waals surface area contributed by atoms with Gasteiger partial charge >= 0.3 is 0 Å². The summed E-state index contributed by atoms with van der Waals surface area (Å²) in [4.78, 5) is 12.0. The molecule has 0 aromatic heterocycles. The highest BCUT2D eigenvalue weighted by Gasteiger charge is 2.10. The summed E-state index contributed by atoms with van der Waals surface area (Å²) < 4.78 is 31.4. The number of hydrogen-bond donors (Lipinski definition) is 1. The van der Waals surface area contributed by atoms with E-state index in [1.54, 1.807) is 0 Å². The minimum absolute atomic E-state index is 0.0306. The van der Waals surface area contributed by atoms with Gasteiger partial charge in [-0.3, -0.25) is 4.79 Å². The van der Waals surface area contributed by atoms with Crippen molar-refractivity contribution in [3.63, 3.8) is 0 Å². The van der Waals surface area contributed by atoms with Crippen molar-refractivity contribution < 1.29 is 18.3 Å². The summed E-state index contributed by atoms with van der Waals surface area (Å²) in [5.41, 5.74) is 0.662. The van der Waals surface area contributed by atoms with Gasteiger partial charge in [-0.05, 0) is 46.3 Å². The quantitative estimate of drug-likeness (QED) is 0.916. The maximum Gasteiger partial charge on any atom is 0.255 e. The van der Waals surface area contributed by atoms with Crippen molar-refractivity contribution >= 4 is 27.5 Å². The van der Waals surface area contributed by atoms with E-state index < -0.39 is 17.5 Å². The van der Waals surface area contributed by atoms with Gasteiger partial charge in [0.2, 0.25) is 0 Å². The van der Waals surface area contributed by atoms with Crippen molar-refractivity contribution in [1.82, 2.24) is 0 Å². The summed E-state index contributed by atoms with van der Waals surface area (Å²) in [6.07, 6.45) is 0. The molecule has 1 amide bonds. The highest BCUT2D eigenvalue weighted by atomic mass is 79.9. The Morgan fingerprint density at radius 2 is 1.85 bits per heavy atom. The molecule has 0 saturated heterocycles. The van der Waals surface area contributed by atoms with Crippen LogP contribution in [-0.2, 0) is 0 Å².